The number of fused-ring (bicyclic) bond motifs is 2. The third kappa shape index (κ3) is 1.27. The lowest BCUT2D eigenvalue weighted by Gasteiger charge is -2.26. The molecule has 0 aromatic heterocycles. The minimum absolute atomic E-state index is 0.0656. The van der Waals surface area contributed by atoms with Crippen LogP contribution < -0.4 is 0 Å². The van der Waals surface area contributed by atoms with Crippen molar-refractivity contribution in [2.75, 3.05) is 6.61 Å². The van der Waals surface area contributed by atoms with E-state index in [0.29, 0.717) is 18.4 Å². The molecule has 0 spiro atoms. The van der Waals surface area contributed by atoms with Gasteiger partial charge in [-0.15, -0.1) is 0 Å². The number of esters is 1. The Balaban J connectivity index is 1.78. The van der Waals surface area contributed by atoms with E-state index in [0.717, 1.165) is 5.92 Å². The van der Waals surface area contributed by atoms with E-state index in [4.69, 9.17) is 9.47 Å². The van der Waals surface area contributed by atoms with Crippen LogP contribution in [0, 0.1) is 17.8 Å². The number of ether oxygens (including phenoxy) is 2. The molecule has 2 saturated carbocycles. The molecule has 0 N–H and O–H groups in total. The molecule has 5 atom stereocenters. The van der Waals surface area contributed by atoms with Gasteiger partial charge < -0.3 is 9.47 Å². The molecule has 5 unspecified atom stereocenters. The van der Waals surface area contributed by atoms with E-state index in [1.807, 2.05) is 13.8 Å². The highest BCUT2D eigenvalue weighted by Crippen LogP contribution is 2.59. The molecule has 1 aliphatic heterocycles. The first-order valence-electron chi connectivity index (χ1n) is 6.53. The van der Waals surface area contributed by atoms with Crippen molar-refractivity contribution in [3.8, 4) is 0 Å². The summed E-state index contributed by atoms with van der Waals surface area (Å²) in [5.41, 5.74) is -0.560. The number of epoxide rings is 1. The van der Waals surface area contributed by atoms with Crippen LogP contribution in [0.15, 0.2) is 0 Å². The standard InChI is InChI=1S/C13H20O3/c1-3-15-12(14)13(8(2)16-13)11-7-9-4-5-10(11)6-9/h8-11H,3-7H2,1-2H3. The van der Waals surface area contributed by atoms with Gasteiger partial charge in [-0.25, -0.2) is 4.79 Å². The quantitative estimate of drug-likeness (QED) is 0.544. The summed E-state index contributed by atoms with van der Waals surface area (Å²) in [6, 6.07) is 0. The number of carbonyl (C=O) groups is 1. The molecule has 3 rings (SSSR count). The van der Waals surface area contributed by atoms with Gasteiger partial charge in [-0.1, -0.05) is 6.42 Å². The van der Waals surface area contributed by atoms with Crippen LogP contribution in [0.4, 0.5) is 0 Å². The van der Waals surface area contributed by atoms with Crippen molar-refractivity contribution in [3.63, 3.8) is 0 Å². The second-order valence-corrected chi connectivity index (χ2v) is 5.56. The zero-order chi connectivity index (χ0) is 11.3. The fraction of sp³-hybridized carbons (Fsp3) is 0.923. The van der Waals surface area contributed by atoms with Crippen molar-refractivity contribution >= 4 is 5.97 Å². The Labute approximate surface area is 96.5 Å². The SMILES string of the molecule is CCOC(=O)C1(C2CC3CCC2C3)OC1C. The minimum atomic E-state index is -0.560. The van der Waals surface area contributed by atoms with Crippen LogP contribution in [-0.2, 0) is 14.3 Å². The van der Waals surface area contributed by atoms with Gasteiger partial charge in [0, 0.05) is 5.92 Å². The van der Waals surface area contributed by atoms with Crippen molar-refractivity contribution in [3.05, 3.63) is 0 Å². The summed E-state index contributed by atoms with van der Waals surface area (Å²) in [5, 5.41) is 0. The largest absolute Gasteiger partial charge is 0.464 e. The summed E-state index contributed by atoms with van der Waals surface area (Å²) in [6.07, 6.45) is 5.19. The molecule has 0 aromatic carbocycles. The molecule has 3 heteroatoms. The van der Waals surface area contributed by atoms with E-state index in [1.165, 1.54) is 25.7 Å². The minimum Gasteiger partial charge on any atom is -0.464 e. The summed E-state index contributed by atoms with van der Waals surface area (Å²) in [7, 11) is 0. The van der Waals surface area contributed by atoms with Crippen molar-refractivity contribution in [2.24, 2.45) is 17.8 Å². The van der Waals surface area contributed by atoms with Crippen molar-refractivity contribution in [1.29, 1.82) is 0 Å². The fourth-order valence-electron chi connectivity index (χ4n) is 4.03. The second kappa shape index (κ2) is 3.46. The van der Waals surface area contributed by atoms with E-state index in [-0.39, 0.29) is 12.1 Å². The molecule has 2 aliphatic carbocycles. The van der Waals surface area contributed by atoms with Crippen LogP contribution in [0.25, 0.3) is 0 Å². The lowest BCUT2D eigenvalue weighted by Crippen LogP contribution is -2.40. The Morgan fingerprint density at radius 2 is 2.19 bits per heavy atom. The molecule has 1 saturated heterocycles. The van der Waals surface area contributed by atoms with Gasteiger partial charge in [-0.05, 0) is 44.9 Å². The first-order chi connectivity index (χ1) is 7.68. The smallest absolute Gasteiger partial charge is 0.341 e. The fourth-order valence-corrected chi connectivity index (χ4v) is 4.03. The summed E-state index contributed by atoms with van der Waals surface area (Å²) in [4.78, 5) is 12.1. The molecular weight excluding hydrogens is 204 g/mol. The molecule has 0 aromatic rings. The Kier molecular flexibility index (Phi) is 2.29. The van der Waals surface area contributed by atoms with Crippen molar-refractivity contribution in [1.82, 2.24) is 0 Å². The molecule has 0 radical (unpaired) electrons. The topological polar surface area (TPSA) is 38.8 Å². The average Bonchev–Trinajstić information content (AvgIpc) is 2.67. The predicted octanol–water partition coefficient (Wildman–Crippen LogP) is 2.14. The normalized spacial score (nSPS) is 49.4. The molecule has 3 fully saturated rings. The third-order valence-corrected chi connectivity index (χ3v) is 4.80. The van der Waals surface area contributed by atoms with E-state index in [9.17, 15) is 4.79 Å². The third-order valence-electron chi connectivity index (χ3n) is 4.80. The number of rotatable bonds is 3. The van der Waals surface area contributed by atoms with E-state index in [1.54, 1.807) is 0 Å². The van der Waals surface area contributed by atoms with Gasteiger partial charge >= 0.3 is 5.97 Å². The lowest BCUT2D eigenvalue weighted by atomic mass is 9.77. The Morgan fingerprint density at radius 1 is 1.44 bits per heavy atom. The monoisotopic (exact) mass is 224 g/mol. The van der Waals surface area contributed by atoms with Crippen LogP contribution >= 0.6 is 0 Å². The summed E-state index contributed by atoms with van der Waals surface area (Å²) < 4.78 is 10.9. The van der Waals surface area contributed by atoms with Gasteiger partial charge in [-0.3, -0.25) is 0 Å². The second-order valence-electron chi connectivity index (χ2n) is 5.56. The Hall–Kier alpha value is -0.570. The molecule has 90 valence electrons. The highest BCUT2D eigenvalue weighted by Gasteiger charge is 2.69. The molecular formula is C13H20O3. The van der Waals surface area contributed by atoms with Crippen LogP contribution in [-0.4, -0.2) is 24.3 Å². The van der Waals surface area contributed by atoms with Crippen molar-refractivity contribution < 1.29 is 14.3 Å². The summed E-state index contributed by atoms with van der Waals surface area (Å²) in [6.45, 7) is 4.32. The molecule has 3 nitrogen and oxygen atoms in total. The van der Waals surface area contributed by atoms with Crippen LogP contribution in [0.3, 0.4) is 0 Å². The number of hydrogen-bond acceptors (Lipinski definition) is 3. The molecule has 16 heavy (non-hydrogen) atoms. The van der Waals surface area contributed by atoms with E-state index in [2.05, 4.69) is 0 Å². The van der Waals surface area contributed by atoms with Crippen LogP contribution in [0.1, 0.15) is 39.5 Å². The molecule has 0 amide bonds. The number of carbonyl (C=O) groups excluding carboxylic acids is 1. The van der Waals surface area contributed by atoms with Gasteiger partial charge in [0.2, 0.25) is 0 Å². The highest BCUT2D eigenvalue weighted by atomic mass is 16.7. The highest BCUT2D eigenvalue weighted by molar-refractivity contribution is 5.84. The van der Waals surface area contributed by atoms with Gasteiger partial charge in [0.25, 0.3) is 0 Å². The van der Waals surface area contributed by atoms with Gasteiger partial charge in [0.15, 0.2) is 5.60 Å². The van der Waals surface area contributed by atoms with Crippen molar-refractivity contribution in [2.45, 2.75) is 51.2 Å². The Morgan fingerprint density at radius 3 is 2.62 bits per heavy atom. The van der Waals surface area contributed by atoms with Gasteiger partial charge in [0.1, 0.15) is 0 Å². The van der Waals surface area contributed by atoms with Crippen LogP contribution in [0.5, 0.6) is 0 Å². The lowest BCUT2D eigenvalue weighted by molar-refractivity contribution is -0.152. The van der Waals surface area contributed by atoms with E-state index >= 15 is 0 Å². The van der Waals surface area contributed by atoms with Gasteiger partial charge in [-0.2, -0.15) is 0 Å². The Bertz CT molecular complexity index is 314. The van der Waals surface area contributed by atoms with Crippen LogP contribution in [0.2, 0.25) is 0 Å². The maximum absolute atomic E-state index is 12.1. The predicted molar refractivity (Wildman–Crippen MR) is 58.8 cm³/mol. The zero-order valence-electron chi connectivity index (χ0n) is 10.1. The first kappa shape index (κ1) is 10.6. The molecule has 3 aliphatic rings. The average molecular weight is 224 g/mol. The molecule has 1 heterocycles. The van der Waals surface area contributed by atoms with E-state index < -0.39 is 5.60 Å². The first-order valence-corrected chi connectivity index (χ1v) is 6.53. The summed E-state index contributed by atoms with van der Waals surface area (Å²) >= 11 is 0. The molecule has 2 bridgehead atoms. The summed E-state index contributed by atoms with van der Waals surface area (Å²) in [5.74, 6) is 1.87. The zero-order valence-corrected chi connectivity index (χ0v) is 10.1. The van der Waals surface area contributed by atoms with Gasteiger partial charge in [0.05, 0.1) is 12.7 Å². The maximum atomic E-state index is 12.1. The number of hydrogen-bond donors (Lipinski definition) is 0. The maximum Gasteiger partial charge on any atom is 0.341 e.